The lowest BCUT2D eigenvalue weighted by Gasteiger charge is -2.42. The van der Waals surface area contributed by atoms with Gasteiger partial charge in [0.1, 0.15) is 5.82 Å². The molecule has 2 aromatic heterocycles. The summed E-state index contributed by atoms with van der Waals surface area (Å²) in [6.07, 6.45) is 8.02. The zero-order valence-electron chi connectivity index (χ0n) is 21.2. The van der Waals surface area contributed by atoms with Crippen LogP contribution in [0.2, 0.25) is 0 Å². The predicted octanol–water partition coefficient (Wildman–Crippen LogP) is 5.67. The van der Waals surface area contributed by atoms with Gasteiger partial charge in [0.05, 0.1) is 0 Å². The first kappa shape index (κ1) is 23.4. The molecule has 34 heavy (non-hydrogen) atoms. The quantitative estimate of drug-likeness (QED) is 0.498. The number of piperidine rings is 2. The molecule has 0 saturated carbocycles. The van der Waals surface area contributed by atoms with E-state index in [9.17, 15) is 0 Å². The molecule has 4 heterocycles. The minimum Gasteiger partial charge on any atom is -0.384 e. The number of nitrogens with zero attached hydrogens (tertiary/aromatic N) is 3. The normalized spacial score (nSPS) is 19.4. The van der Waals surface area contributed by atoms with Crippen molar-refractivity contribution in [3.8, 4) is 11.3 Å². The van der Waals surface area contributed by atoms with Gasteiger partial charge >= 0.3 is 0 Å². The number of hydrogen-bond acceptors (Lipinski definition) is 4. The molecule has 0 spiro atoms. The van der Waals surface area contributed by atoms with Crippen LogP contribution in [0, 0.1) is 5.92 Å². The number of H-pyrrole nitrogens is 1. The fourth-order valence-corrected chi connectivity index (χ4v) is 6.32. The Morgan fingerprint density at radius 3 is 2.47 bits per heavy atom. The van der Waals surface area contributed by atoms with Gasteiger partial charge in [0.2, 0.25) is 0 Å². The minimum atomic E-state index is 0.566. The topological polar surface area (TPSA) is 61.2 Å². The maximum atomic E-state index is 5.96. The van der Waals surface area contributed by atoms with Gasteiger partial charge in [-0.15, -0.1) is 0 Å². The van der Waals surface area contributed by atoms with Crippen LogP contribution in [0.5, 0.6) is 0 Å². The number of likely N-dealkylation sites (tertiary alicyclic amines) is 2. The van der Waals surface area contributed by atoms with Crippen molar-refractivity contribution in [1.29, 1.82) is 0 Å². The molecule has 5 rings (SSSR count). The fourth-order valence-electron chi connectivity index (χ4n) is 6.32. The van der Waals surface area contributed by atoms with E-state index >= 15 is 0 Å². The smallest absolute Gasteiger partial charge is 0.123 e. The Balaban J connectivity index is 1.27. The Morgan fingerprint density at radius 1 is 1.03 bits per heavy atom. The molecular weight excluding hydrogens is 418 g/mol. The number of aromatic nitrogens is 2. The molecule has 2 aliphatic heterocycles. The number of rotatable bonds is 6. The number of aromatic amines is 1. The number of fused-ring (bicyclic) bond motifs is 1. The number of nitrogen functional groups attached to an aromatic ring is 1. The van der Waals surface area contributed by atoms with E-state index in [1.54, 1.807) is 6.20 Å². The van der Waals surface area contributed by atoms with Crippen LogP contribution in [0.1, 0.15) is 63.5 Å². The van der Waals surface area contributed by atoms with Crippen molar-refractivity contribution in [2.75, 3.05) is 38.5 Å². The highest BCUT2D eigenvalue weighted by Crippen LogP contribution is 2.36. The van der Waals surface area contributed by atoms with Crippen LogP contribution in [0.25, 0.3) is 22.2 Å². The van der Waals surface area contributed by atoms with Gasteiger partial charge in [-0.2, -0.15) is 0 Å². The molecule has 0 bridgehead atoms. The Labute approximate surface area is 204 Å². The molecule has 2 aliphatic rings. The van der Waals surface area contributed by atoms with Gasteiger partial charge in [0.25, 0.3) is 0 Å². The van der Waals surface area contributed by atoms with Gasteiger partial charge in [-0.3, -0.25) is 0 Å². The number of nitrogens with one attached hydrogen (secondary N) is 1. The van der Waals surface area contributed by atoms with Crippen LogP contribution in [0.15, 0.2) is 36.5 Å². The third-order valence-corrected chi connectivity index (χ3v) is 8.05. The van der Waals surface area contributed by atoms with Crippen LogP contribution in [-0.4, -0.2) is 58.5 Å². The van der Waals surface area contributed by atoms with Crippen molar-refractivity contribution >= 4 is 16.7 Å². The van der Waals surface area contributed by atoms with Crippen molar-refractivity contribution in [3.05, 3.63) is 47.7 Å². The van der Waals surface area contributed by atoms with E-state index < -0.39 is 0 Å². The number of pyridine rings is 1. The highest BCUT2D eigenvalue weighted by molar-refractivity contribution is 5.91. The second-order valence-electron chi connectivity index (χ2n) is 10.8. The lowest BCUT2D eigenvalue weighted by Crippen LogP contribution is -2.48. The minimum absolute atomic E-state index is 0.566. The Morgan fingerprint density at radius 2 is 1.79 bits per heavy atom. The molecule has 0 aliphatic carbocycles. The van der Waals surface area contributed by atoms with Crippen molar-refractivity contribution in [2.24, 2.45) is 5.92 Å². The average Bonchev–Trinajstić information content (AvgIpc) is 3.22. The highest BCUT2D eigenvalue weighted by atomic mass is 15.2. The molecule has 5 heteroatoms. The summed E-state index contributed by atoms with van der Waals surface area (Å²) in [7, 11) is 0. The van der Waals surface area contributed by atoms with E-state index in [-0.39, 0.29) is 0 Å². The Bertz CT molecular complexity index is 1100. The maximum absolute atomic E-state index is 5.96. The van der Waals surface area contributed by atoms with Crippen molar-refractivity contribution in [3.63, 3.8) is 0 Å². The van der Waals surface area contributed by atoms with Crippen molar-refractivity contribution < 1.29 is 0 Å². The summed E-state index contributed by atoms with van der Waals surface area (Å²) >= 11 is 0. The molecule has 0 radical (unpaired) electrons. The lowest BCUT2D eigenvalue weighted by molar-refractivity contribution is 0.0828. The Hall–Kier alpha value is -2.37. The summed E-state index contributed by atoms with van der Waals surface area (Å²) in [5.41, 5.74) is 12.4. The van der Waals surface area contributed by atoms with E-state index in [4.69, 9.17) is 5.73 Å². The number of nitrogens with two attached hydrogens (primary N) is 1. The van der Waals surface area contributed by atoms with E-state index in [0.29, 0.717) is 11.7 Å². The molecule has 1 aromatic carbocycles. The molecule has 3 N–H and O–H groups in total. The summed E-state index contributed by atoms with van der Waals surface area (Å²) in [6, 6.07) is 11.9. The average molecular weight is 460 g/mol. The van der Waals surface area contributed by atoms with Crippen LogP contribution >= 0.6 is 0 Å². The molecule has 0 amide bonds. The van der Waals surface area contributed by atoms with Gasteiger partial charge in [0, 0.05) is 40.9 Å². The molecular formula is C29H41N5. The monoisotopic (exact) mass is 459 g/mol. The van der Waals surface area contributed by atoms with Gasteiger partial charge in [-0.05, 0) is 106 Å². The molecule has 0 atom stereocenters. The van der Waals surface area contributed by atoms with Gasteiger partial charge in [0.15, 0.2) is 0 Å². The zero-order valence-corrected chi connectivity index (χ0v) is 21.2. The van der Waals surface area contributed by atoms with Crippen LogP contribution < -0.4 is 5.73 Å². The SMILES string of the molecule is CCc1c(-c2ccnc(N)c2)[nH]c2ccc(C3CCN(C4CCN(CC(C)C)CC4)CC3)cc12. The lowest BCUT2D eigenvalue weighted by atomic mass is 9.87. The van der Waals surface area contributed by atoms with E-state index in [0.717, 1.165) is 23.9 Å². The second kappa shape index (κ2) is 10.1. The van der Waals surface area contributed by atoms with E-state index in [1.807, 2.05) is 12.1 Å². The van der Waals surface area contributed by atoms with Gasteiger partial charge in [-0.1, -0.05) is 26.8 Å². The second-order valence-corrected chi connectivity index (χ2v) is 10.8. The van der Waals surface area contributed by atoms with Crippen LogP contribution in [-0.2, 0) is 6.42 Å². The maximum Gasteiger partial charge on any atom is 0.123 e. The fraction of sp³-hybridized carbons (Fsp3) is 0.552. The molecule has 0 unspecified atom stereocenters. The van der Waals surface area contributed by atoms with Crippen molar-refractivity contribution in [1.82, 2.24) is 19.8 Å². The van der Waals surface area contributed by atoms with E-state index in [2.05, 4.69) is 58.7 Å². The summed E-state index contributed by atoms with van der Waals surface area (Å²) in [4.78, 5) is 13.3. The third-order valence-electron chi connectivity index (χ3n) is 8.05. The number of anilines is 1. The van der Waals surface area contributed by atoms with Crippen LogP contribution in [0.3, 0.4) is 0 Å². The summed E-state index contributed by atoms with van der Waals surface area (Å²) < 4.78 is 0. The number of hydrogen-bond donors (Lipinski definition) is 2. The first-order valence-electron chi connectivity index (χ1n) is 13.3. The van der Waals surface area contributed by atoms with Gasteiger partial charge < -0.3 is 20.5 Å². The van der Waals surface area contributed by atoms with Gasteiger partial charge in [-0.25, -0.2) is 4.98 Å². The largest absolute Gasteiger partial charge is 0.384 e. The highest BCUT2D eigenvalue weighted by Gasteiger charge is 2.29. The third kappa shape index (κ3) is 4.87. The first-order chi connectivity index (χ1) is 16.5. The van der Waals surface area contributed by atoms with Crippen molar-refractivity contribution in [2.45, 2.75) is 64.8 Å². The number of benzene rings is 1. The summed E-state index contributed by atoms with van der Waals surface area (Å²) in [5, 5.41) is 1.37. The van der Waals surface area contributed by atoms with E-state index in [1.165, 1.54) is 86.1 Å². The molecule has 182 valence electrons. The summed E-state index contributed by atoms with van der Waals surface area (Å²) in [6.45, 7) is 13.2. The Kier molecular flexibility index (Phi) is 6.94. The number of aryl methyl sites for hydroxylation is 1. The first-order valence-corrected chi connectivity index (χ1v) is 13.3. The molecule has 3 aromatic rings. The molecule has 2 saturated heterocycles. The molecule has 2 fully saturated rings. The van der Waals surface area contributed by atoms with Crippen LogP contribution in [0.4, 0.5) is 5.82 Å². The molecule has 5 nitrogen and oxygen atoms in total. The predicted molar refractivity (Wildman–Crippen MR) is 143 cm³/mol. The standard InChI is InChI=1S/C29H41N5/c1-4-25-26-17-22(5-6-27(26)32-29(25)23-7-12-31-28(30)18-23)21-8-15-34(16-9-21)24-10-13-33(14-11-24)19-20(2)3/h5-7,12,17-18,20-21,24,32H,4,8-11,13-16,19H2,1-3H3,(H2,30,31). The summed E-state index contributed by atoms with van der Waals surface area (Å²) in [5.74, 6) is 2.01. The zero-order chi connectivity index (χ0) is 23.7.